The normalized spacial score (nSPS) is 11.6. The Kier molecular flexibility index (Phi) is 2.79. The summed E-state index contributed by atoms with van der Waals surface area (Å²) in [4.78, 5) is 10.7. The molecule has 1 nitrogen and oxygen atoms in total. The molecule has 1 aromatic rings. The van der Waals surface area contributed by atoms with Crippen molar-refractivity contribution in [3.05, 3.63) is 34.9 Å². The molecule has 0 amide bonds. The van der Waals surface area contributed by atoms with Gasteiger partial charge in [0.25, 0.3) is 0 Å². The lowest BCUT2D eigenvalue weighted by Crippen LogP contribution is -2.11. The monoisotopic (exact) mass is 224 g/mol. The van der Waals surface area contributed by atoms with Crippen LogP contribution in [0.1, 0.15) is 22.8 Å². The highest BCUT2D eigenvalue weighted by Crippen LogP contribution is 2.32. The molecule has 0 aromatic heterocycles. The van der Waals surface area contributed by atoms with Gasteiger partial charge < -0.3 is 0 Å². The fourth-order valence-electron chi connectivity index (χ4n) is 1.04. The lowest BCUT2D eigenvalue weighted by molar-refractivity contribution is -0.140. The lowest BCUT2D eigenvalue weighted by atomic mass is 10.1. The summed E-state index contributed by atoms with van der Waals surface area (Å²) in [6, 6.07) is 0.229. The second-order valence-electron chi connectivity index (χ2n) is 2.87. The summed E-state index contributed by atoms with van der Waals surface area (Å²) in [5.74, 6) is -3.92. The van der Waals surface area contributed by atoms with E-state index in [0.29, 0.717) is 0 Å². The molecule has 0 heterocycles. The van der Waals surface area contributed by atoms with Crippen LogP contribution in [0.4, 0.5) is 22.0 Å². The number of ketones is 1. The Labute approximate surface area is 81.5 Å². The predicted octanol–water partition coefficient (Wildman–Crippen LogP) is 3.19. The lowest BCUT2D eigenvalue weighted by Gasteiger charge is -2.09. The third kappa shape index (κ3) is 2.31. The van der Waals surface area contributed by atoms with Gasteiger partial charge in [-0.15, -0.1) is 0 Å². The zero-order valence-electron chi connectivity index (χ0n) is 7.45. The summed E-state index contributed by atoms with van der Waals surface area (Å²) >= 11 is 0. The Morgan fingerprint density at radius 1 is 1.13 bits per heavy atom. The first-order chi connectivity index (χ1) is 6.73. The first kappa shape index (κ1) is 11.6. The van der Waals surface area contributed by atoms with Crippen molar-refractivity contribution in [2.24, 2.45) is 0 Å². The van der Waals surface area contributed by atoms with E-state index in [1.165, 1.54) is 0 Å². The molecule has 0 fully saturated rings. The molecule has 82 valence electrons. The predicted molar refractivity (Wildman–Crippen MR) is 41.4 cm³/mol. The highest BCUT2D eigenvalue weighted by molar-refractivity contribution is 5.94. The molecule has 6 heteroatoms. The summed E-state index contributed by atoms with van der Waals surface area (Å²) in [5.41, 5.74) is -2.42. The number of alkyl halides is 3. The van der Waals surface area contributed by atoms with E-state index < -0.39 is 34.7 Å². The van der Waals surface area contributed by atoms with Gasteiger partial charge in [0.2, 0.25) is 0 Å². The molecule has 0 radical (unpaired) electrons. The van der Waals surface area contributed by atoms with Crippen LogP contribution in [0.3, 0.4) is 0 Å². The molecule has 0 atom stereocenters. The molecular formula is C9H5F5O. The van der Waals surface area contributed by atoms with Crippen LogP contribution < -0.4 is 0 Å². The Morgan fingerprint density at radius 3 is 2.07 bits per heavy atom. The highest BCUT2D eigenvalue weighted by atomic mass is 19.4. The van der Waals surface area contributed by atoms with E-state index >= 15 is 0 Å². The summed E-state index contributed by atoms with van der Waals surface area (Å²) in [5, 5.41) is 0. The number of halogens is 5. The van der Waals surface area contributed by atoms with Crippen molar-refractivity contribution >= 4 is 5.78 Å². The molecule has 0 spiro atoms. The van der Waals surface area contributed by atoms with Crippen LogP contribution in [0.15, 0.2) is 12.1 Å². The topological polar surface area (TPSA) is 17.1 Å². The van der Waals surface area contributed by atoms with E-state index in [-0.39, 0.29) is 12.1 Å². The molecule has 0 saturated heterocycles. The molecule has 1 aromatic carbocycles. The van der Waals surface area contributed by atoms with Gasteiger partial charge in [-0.1, -0.05) is 0 Å². The maximum absolute atomic E-state index is 12.8. The van der Waals surface area contributed by atoms with Crippen LogP contribution in [0, 0.1) is 11.6 Å². The molecule has 15 heavy (non-hydrogen) atoms. The minimum Gasteiger partial charge on any atom is -0.294 e. The van der Waals surface area contributed by atoms with Crippen molar-refractivity contribution in [2.75, 3.05) is 0 Å². The number of rotatable bonds is 1. The Hall–Kier alpha value is -1.46. The number of hydrogen-bond acceptors (Lipinski definition) is 1. The van der Waals surface area contributed by atoms with Crippen LogP contribution in [0.25, 0.3) is 0 Å². The summed E-state index contributed by atoms with van der Waals surface area (Å²) in [7, 11) is 0. The van der Waals surface area contributed by atoms with E-state index in [1.807, 2.05) is 0 Å². The van der Waals surface area contributed by atoms with Crippen LogP contribution >= 0.6 is 0 Å². The molecule has 0 aliphatic heterocycles. The number of benzene rings is 1. The average Bonchev–Trinajstić information content (AvgIpc) is 2.00. The van der Waals surface area contributed by atoms with E-state index in [1.54, 1.807) is 0 Å². The van der Waals surface area contributed by atoms with Gasteiger partial charge in [0, 0.05) is 6.07 Å². The molecular weight excluding hydrogens is 219 g/mol. The maximum Gasteiger partial charge on any atom is 0.419 e. The van der Waals surface area contributed by atoms with Crippen molar-refractivity contribution in [2.45, 2.75) is 13.1 Å². The SMILES string of the molecule is CC(=O)c1cc(C(F)(F)F)c(F)cc1F. The van der Waals surface area contributed by atoms with Crippen molar-refractivity contribution in [3.63, 3.8) is 0 Å². The van der Waals surface area contributed by atoms with E-state index in [4.69, 9.17) is 0 Å². The molecule has 0 unspecified atom stereocenters. The second kappa shape index (κ2) is 3.60. The van der Waals surface area contributed by atoms with Crippen molar-refractivity contribution in [3.8, 4) is 0 Å². The molecule has 0 saturated carbocycles. The fourth-order valence-corrected chi connectivity index (χ4v) is 1.04. The third-order valence-electron chi connectivity index (χ3n) is 1.74. The van der Waals surface area contributed by atoms with Gasteiger partial charge in [0.15, 0.2) is 5.78 Å². The van der Waals surface area contributed by atoms with Crippen LogP contribution in [-0.2, 0) is 6.18 Å². The van der Waals surface area contributed by atoms with Gasteiger partial charge in [-0.3, -0.25) is 4.79 Å². The smallest absolute Gasteiger partial charge is 0.294 e. The molecule has 0 aliphatic carbocycles. The largest absolute Gasteiger partial charge is 0.419 e. The van der Waals surface area contributed by atoms with Crippen LogP contribution in [0.2, 0.25) is 0 Å². The molecule has 0 bridgehead atoms. The Bertz CT molecular complexity index is 408. The Balaban J connectivity index is 3.43. The Morgan fingerprint density at radius 2 is 1.67 bits per heavy atom. The van der Waals surface area contributed by atoms with Gasteiger partial charge in [-0.2, -0.15) is 13.2 Å². The van der Waals surface area contributed by atoms with Crippen molar-refractivity contribution in [1.29, 1.82) is 0 Å². The minimum absolute atomic E-state index is 0.0551. The zero-order valence-corrected chi connectivity index (χ0v) is 7.45. The van der Waals surface area contributed by atoms with Crippen LogP contribution in [-0.4, -0.2) is 5.78 Å². The summed E-state index contributed by atoms with van der Waals surface area (Å²) in [6.07, 6.45) is -4.94. The van der Waals surface area contributed by atoms with E-state index in [2.05, 4.69) is 0 Å². The second-order valence-corrected chi connectivity index (χ2v) is 2.87. The van der Waals surface area contributed by atoms with Gasteiger partial charge in [-0.05, 0) is 13.0 Å². The zero-order chi connectivity index (χ0) is 11.8. The number of carbonyl (C=O) groups excluding carboxylic acids is 1. The van der Waals surface area contributed by atoms with Crippen LogP contribution in [0.5, 0.6) is 0 Å². The molecule has 0 aliphatic rings. The summed E-state index contributed by atoms with van der Waals surface area (Å²) < 4.78 is 62.0. The van der Waals surface area contributed by atoms with Gasteiger partial charge in [0.1, 0.15) is 11.6 Å². The van der Waals surface area contributed by atoms with Gasteiger partial charge >= 0.3 is 6.18 Å². The van der Waals surface area contributed by atoms with Crippen molar-refractivity contribution < 1.29 is 26.7 Å². The number of carbonyl (C=O) groups is 1. The van der Waals surface area contributed by atoms with Crippen molar-refractivity contribution in [1.82, 2.24) is 0 Å². The summed E-state index contributed by atoms with van der Waals surface area (Å²) in [6.45, 7) is 0.899. The van der Waals surface area contributed by atoms with E-state index in [9.17, 15) is 26.7 Å². The fraction of sp³-hybridized carbons (Fsp3) is 0.222. The van der Waals surface area contributed by atoms with Gasteiger partial charge in [-0.25, -0.2) is 8.78 Å². The number of hydrogen-bond donors (Lipinski definition) is 0. The standard InChI is InChI=1S/C9H5F5O/c1-4(15)5-2-6(9(12,13)14)8(11)3-7(5)10/h2-3H,1H3. The quantitative estimate of drug-likeness (QED) is 0.528. The minimum atomic E-state index is -4.94. The first-order valence-corrected chi connectivity index (χ1v) is 3.80. The molecule has 1 rings (SSSR count). The average molecular weight is 224 g/mol. The molecule has 0 N–H and O–H groups in total. The van der Waals surface area contributed by atoms with E-state index in [0.717, 1.165) is 6.92 Å². The maximum atomic E-state index is 12.8. The number of Topliss-reactive ketones (excluding diaryl/α,β-unsaturated/α-hetero) is 1. The highest BCUT2D eigenvalue weighted by Gasteiger charge is 2.35. The first-order valence-electron chi connectivity index (χ1n) is 3.80. The third-order valence-corrected chi connectivity index (χ3v) is 1.74. The van der Waals surface area contributed by atoms with Gasteiger partial charge in [0.05, 0.1) is 11.1 Å².